The molecule has 1 aliphatic heterocycles. The number of carbonyl (C=O) groups is 2. The monoisotopic (exact) mass is 568 g/mol. The number of aryl methyl sites for hydroxylation is 1. The van der Waals surface area contributed by atoms with E-state index in [1.54, 1.807) is 25.3 Å². The number of methoxy groups -OCH3 is 1. The Labute approximate surface area is 242 Å². The highest BCUT2D eigenvalue weighted by Gasteiger charge is 2.30. The van der Waals surface area contributed by atoms with Gasteiger partial charge in [-0.1, -0.05) is 54.1 Å². The van der Waals surface area contributed by atoms with Crippen molar-refractivity contribution < 1.29 is 14.3 Å². The smallest absolute Gasteiger partial charge is 0.244 e. The van der Waals surface area contributed by atoms with Crippen molar-refractivity contribution in [3.05, 3.63) is 112 Å². The Balaban J connectivity index is 1.33. The van der Waals surface area contributed by atoms with Crippen LogP contribution in [-0.4, -0.2) is 52.5 Å². The van der Waals surface area contributed by atoms with Crippen molar-refractivity contribution in [2.75, 3.05) is 20.2 Å². The van der Waals surface area contributed by atoms with Crippen LogP contribution in [0.5, 0.6) is 5.75 Å². The number of fused-ring (bicyclic) bond motifs is 3. The highest BCUT2D eigenvalue weighted by Crippen LogP contribution is 2.34. The Morgan fingerprint density at radius 3 is 2.51 bits per heavy atom. The first-order chi connectivity index (χ1) is 19.9. The van der Waals surface area contributed by atoms with Crippen LogP contribution in [0.15, 0.2) is 83.9 Å². The lowest BCUT2D eigenvalue weighted by atomic mass is 10.00. The van der Waals surface area contributed by atoms with E-state index < -0.39 is 6.04 Å². The van der Waals surface area contributed by atoms with Crippen LogP contribution in [0, 0.1) is 6.92 Å². The maximum Gasteiger partial charge on any atom is 0.244 e. The molecule has 41 heavy (non-hydrogen) atoms. The van der Waals surface area contributed by atoms with Crippen LogP contribution >= 0.6 is 11.6 Å². The third-order valence-electron chi connectivity index (χ3n) is 6.60. The Hall–Kier alpha value is -4.76. The molecule has 0 aliphatic carbocycles. The number of benzene rings is 3. The topological polar surface area (TPSA) is 110 Å². The molecular formula is C31H29ClN6O3. The first kappa shape index (κ1) is 27.8. The number of rotatable bonds is 9. The summed E-state index contributed by atoms with van der Waals surface area (Å²) < 4.78 is 7.44. The van der Waals surface area contributed by atoms with E-state index in [-0.39, 0.29) is 31.3 Å². The molecule has 1 aromatic heterocycles. The van der Waals surface area contributed by atoms with Gasteiger partial charge in [-0.25, -0.2) is 0 Å². The molecule has 5 rings (SSSR count). The second-order valence-electron chi connectivity index (χ2n) is 9.41. The van der Waals surface area contributed by atoms with Crippen LogP contribution < -0.4 is 15.4 Å². The van der Waals surface area contributed by atoms with Crippen molar-refractivity contribution in [1.82, 2.24) is 25.4 Å². The lowest BCUT2D eigenvalue weighted by molar-refractivity contribution is -0.122. The molecule has 2 N–H and O–H groups in total. The van der Waals surface area contributed by atoms with Gasteiger partial charge in [-0.15, -0.1) is 10.2 Å². The molecular weight excluding hydrogens is 540 g/mol. The molecule has 0 saturated heterocycles. The standard InChI is InChI=1S/C31H29ClN6O3/c1-20-36-37-31-26(19-29(40)34-17-16-33-28(39)15-8-21-6-4-3-5-7-21)35-30(22-9-11-23(32)12-10-22)25-18-24(41-2)13-14-27(25)38(20)31/h3-15,18,26H,16-17,19H2,1-2H3,(H,33,39)(H,34,40)/t26-/m0/s1. The van der Waals surface area contributed by atoms with Crippen molar-refractivity contribution >= 4 is 35.2 Å². The first-order valence-corrected chi connectivity index (χ1v) is 13.5. The average Bonchev–Trinajstić information content (AvgIpc) is 3.31. The molecule has 1 atom stereocenters. The first-order valence-electron chi connectivity index (χ1n) is 13.1. The minimum Gasteiger partial charge on any atom is -0.497 e. The number of aliphatic imine (C=N–C) groups is 1. The summed E-state index contributed by atoms with van der Waals surface area (Å²) >= 11 is 6.17. The zero-order valence-corrected chi connectivity index (χ0v) is 23.4. The van der Waals surface area contributed by atoms with E-state index in [0.717, 1.165) is 22.4 Å². The number of hydrogen-bond donors (Lipinski definition) is 2. The minimum atomic E-state index is -0.608. The van der Waals surface area contributed by atoms with Gasteiger partial charge in [-0.05, 0) is 48.9 Å². The third kappa shape index (κ3) is 6.53. The average molecular weight is 569 g/mol. The van der Waals surface area contributed by atoms with Crippen LogP contribution in [-0.2, 0) is 9.59 Å². The quantitative estimate of drug-likeness (QED) is 0.229. The summed E-state index contributed by atoms with van der Waals surface area (Å²) in [5.41, 5.74) is 4.13. The Bertz CT molecular complexity index is 1610. The maximum atomic E-state index is 13.1. The molecule has 2 amide bonds. The van der Waals surface area contributed by atoms with Gasteiger partial charge in [0, 0.05) is 35.3 Å². The molecule has 0 fully saturated rings. The second-order valence-corrected chi connectivity index (χ2v) is 9.85. The molecule has 1 aliphatic rings. The van der Waals surface area contributed by atoms with Crippen LogP contribution in [0.25, 0.3) is 11.8 Å². The van der Waals surface area contributed by atoms with Crippen molar-refractivity contribution in [1.29, 1.82) is 0 Å². The molecule has 0 spiro atoms. The van der Waals surface area contributed by atoms with Crippen LogP contribution in [0.1, 0.15) is 40.8 Å². The number of aromatic nitrogens is 3. The predicted octanol–water partition coefficient (Wildman–Crippen LogP) is 4.47. The molecule has 0 unspecified atom stereocenters. The molecule has 10 heteroatoms. The molecule has 0 bridgehead atoms. The van der Waals surface area contributed by atoms with Gasteiger partial charge in [0.25, 0.3) is 0 Å². The van der Waals surface area contributed by atoms with Crippen molar-refractivity contribution in [2.24, 2.45) is 4.99 Å². The predicted molar refractivity (Wildman–Crippen MR) is 159 cm³/mol. The largest absolute Gasteiger partial charge is 0.497 e. The van der Waals surface area contributed by atoms with E-state index in [9.17, 15) is 9.59 Å². The molecule has 0 radical (unpaired) electrons. The maximum absolute atomic E-state index is 13.1. The van der Waals surface area contributed by atoms with Gasteiger partial charge in [0.1, 0.15) is 17.6 Å². The van der Waals surface area contributed by atoms with E-state index in [4.69, 9.17) is 21.3 Å². The van der Waals surface area contributed by atoms with Gasteiger partial charge in [-0.2, -0.15) is 0 Å². The highest BCUT2D eigenvalue weighted by molar-refractivity contribution is 6.30. The molecule has 4 aromatic rings. The Kier molecular flexibility index (Phi) is 8.55. The molecule has 0 saturated carbocycles. The zero-order chi connectivity index (χ0) is 28.8. The van der Waals surface area contributed by atoms with Crippen molar-refractivity contribution in [2.45, 2.75) is 19.4 Å². The summed E-state index contributed by atoms with van der Waals surface area (Å²) in [6.45, 7) is 2.42. The third-order valence-corrected chi connectivity index (χ3v) is 6.85. The zero-order valence-electron chi connectivity index (χ0n) is 22.7. The number of carbonyl (C=O) groups excluding carboxylic acids is 2. The summed E-state index contributed by atoms with van der Waals surface area (Å²) in [6.07, 6.45) is 3.25. The second kappa shape index (κ2) is 12.6. The number of ether oxygens (including phenoxy) is 1. The lowest BCUT2D eigenvalue weighted by Crippen LogP contribution is -2.34. The van der Waals surface area contributed by atoms with Crippen molar-refractivity contribution in [3.8, 4) is 11.4 Å². The number of amides is 2. The van der Waals surface area contributed by atoms with Gasteiger partial charge >= 0.3 is 0 Å². The van der Waals surface area contributed by atoms with E-state index >= 15 is 0 Å². The van der Waals surface area contributed by atoms with Crippen LogP contribution in [0.3, 0.4) is 0 Å². The van der Waals surface area contributed by atoms with Crippen LogP contribution in [0.2, 0.25) is 5.02 Å². The van der Waals surface area contributed by atoms with E-state index in [1.165, 1.54) is 6.08 Å². The number of halogens is 1. The lowest BCUT2D eigenvalue weighted by Gasteiger charge is -2.14. The SMILES string of the molecule is COc1ccc2c(c1)C(c1ccc(Cl)cc1)=N[C@@H](CC(=O)NCCNC(=O)C=Cc1ccccc1)c1nnc(C)n1-2. The number of nitrogens with one attached hydrogen (secondary N) is 2. The fourth-order valence-corrected chi connectivity index (χ4v) is 4.73. The fraction of sp³-hybridized carbons (Fsp3) is 0.194. The Morgan fingerprint density at radius 1 is 1.00 bits per heavy atom. The van der Waals surface area contributed by atoms with Gasteiger partial charge in [-0.3, -0.25) is 19.1 Å². The summed E-state index contributed by atoms with van der Waals surface area (Å²) in [4.78, 5) is 30.2. The van der Waals surface area contributed by atoms with E-state index in [1.807, 2.05) is 72.2 Å². The number of nitrogens with zero attached hydrogens (tertiary/aromatic N) is 4. The van der Waals surface area contributed by atoms with Gasteiger partial charge in [0.15, 0.2) is 5.82 Å². The van der Waals surface area contributed by atoms with E-state index in [0.29, 0.717) is 28.1 Å². The van der Waals surface area contributed by atoms with Gasteiger partial charge in [0.05, 0.1) is 24.9 Å². The van der Waals surface area contributed by atoms with E-state index in [2.05, 4.69) is 20.8 Å². The molecule has 9 nitrogen and oxygen atoms in total. The molecule has 208 valence electrons. The van der Waals surface area contributed by atoms with Gasteiger partial charge < -0.3 is 15.4 Å². The van der Waals surface area contributed by atoms with Crippen molar-refractivity contribution in [3.63, 3.8) is 0 Å². The summed E-state index contributed by atoms with van der Waals surface area (Å²) in [5.74, 6) is 1.46. The minimum absolute atomic E-state index is 0.0439. The Morgan fingerprint density at radius 2 is 1.76 bits per heavy atom. The summed E-state index contributed by atoms with van der Waals surface area (Å²) in [5, 5.41) is 15.0. The molecule has 3 aromatic carbocycles. The fourth-order valence-electron chi connectivity index (χ4n) is 4.61. The summed E-state index contributed by atoms with van der Waals surface area (Å²) in [6, 6.07) is 22.1. The number of hydrogen-bond acceptors (Lipinski definition) is 6. The normalized spacial score (nSPS) is 14.0. The molecule has 2 heterocycles. The van der Waals surface area contributed by atoms with Gasteiger partial charge in [0.2, 0.25) is 11.8 Å². The van der Waals surface area contributed by atoms with Crippen LogP contribution in [0.4, 0.5) is 0 Å². The highest BCUT2D eigenvalue weighted by atomic mass is 35.5. The summed E-state index contributed by atoms with van der Waals surface area (Å²) in [7, 11) is 1.61.